The number of thioether (sulfide) groups is 2. The Hall–Kier alpha value is -3.71. The number of hydrogen-bond acceptors (Lipinski definition) is 12. The van der Waals surface area contributed by atoms with Crippen molar-refractivity contribution in [2.24, 2.45) is 5.92 Å². The predicted molar refractivity (Wildman–Crippen MR) is 192 cm³/mol. The molecule has 5 N–H and O–H groups in total. The van der Waals surface area contributed by atoms with E-state index in [1.807, 2.05) is 6.92 Å². The molecular formula is C32H53N7O10S2. The quantitative estimate of drug-likeness (QED) is 0.0647. The van der Waals surface area contributed by atoms with Crippen LogP contribution in [0.15, 0.2) is 0 Å². The van der Waals surface area contributed by atoms with Gasteiger partial charge in [-0.2, -0.15) is 23.5 Å². The van der Waals surface area contributed by atoms with E-state index in [0.29, 0.717) is 19.6 Å². The molecule has 288 valence electrons. The van der Waals surface area contributed by atoms with Crippen molar-refractivity contribution in [2.75, 3.05) is 72.0 Å². The summed E-state index contributed by atoms with van der Waals surface area (Å²) in [6.45, 7) is 5.67. The molecule has 2 rings (SSSR count). The van der Waals surface area contributed by atoms with Crippen LogP contribution in [0.2, 0.25) is 0 Å². The van der Waals surface area contributed by atoms with Gasteiger partial charge in [-0.25, -0.2) is 0 Å². The first-order valence-electron chi connectivity index (χ1n) is 16.9. The number of ether oxygens (including phenoxy) is 1. The molecule has 0 aromatic heterocycles. The molecule has 0 aromatic rings. The van der Waals surface area contributed by atoms with Crippen molar-refractivity contribution in [3.8, 4) is 0 Å². The van der Waals surface area contributed by atoms with Crippen LogP contribution < -0.4 is 26.6 Å². The normalized spacial score (nSPS) is 17.4. The van der Waals surface area contributed by atoms with Crippen LogP contribution in [0.3, 0.4) is 0 Å². The second-order valence-corrected chi connectivity index (χ2v) is 13.7. The van der Waals surface area contributed by atoms with Gasteiger partial charge < -0.3 is 31.3 Å². The lowest BCUT2D eigenvalue weighted by atomic mass is 10.0. The summed E-state index contributed by atoms with van der Waals surface area (Å²) in [5.41, 5.74) is 0. The van der Waals surface area contributed by atoms with Crippen molar-refractivity contribution in [3.63, 3.8) is 0 Å². The van der Waals surface area contributed by atoms with Gasteiger partial charge in [0.1, 0.15) is 0 Å². The van der Waals surface area contributed by atoms with Gasteiger partial charge in [0, 0.05) is 97.9 Å². The van der Waals surface area contributed by atoms with Crippen molar-refractivity contribution in [1.82, 2.24) is 36.4 Å². The third-order valence-corrected chi connectivity index (χ3v) is 9.54. The number of nitrogens with one attached hydrogen (secondary N) is 5. The Bertz CT molecular complexity index is 1160. The van der Waals surface area contributed by atoms with Gasteiger partial charge in [0.05, 0.1) is 17.1 Å². The first kappa shape index (κ1) is 45.3. The predicted octanol–water partition coefficient (Wildman–Crippen LogP) is -1.21. The van der Waals surface area contributed by atoms with Crippen LogP contribution in [0.4, 0.5) is 0 Å². The van der Waals surface area contributed by atoms with Crippen molar-refractivity contribution in [2.45, 2.75) is 69.3 Å². The number of imide groups is 2. The molecule has 0 saturated carbocycles. The Labute approximate surface area is 307 Å². The SMILES string of the molecule is CCOCCC(=O)NC.CSC1CC(=O)N(CCC(=O)NCCNC(=O)CC(C)CC(=O)NCCNC(=O)CCN2C(=O)CC(SC)C2=O)C1=O. The lowest BCUT2D eigenvalue weighted by Crippen LogP contribution is -2.39. The summed E-state index contributed by atoms with van der Waals surface area (Å²) in [4.78, 5) is 109. The van der Waals surface area contributed by atoms with E-state index in [4.69, 9.17) is 4.74 Å². The fourth-order valence-electron chi connectivity index (χ4n) is 4.84. The Morgan fingerprint density at radius 1 is 0.686 bits per heavy atom. The molecule has 0 aliphatic carbocycles. The minimum atomic E-state index is -0.385. The highest BCUT2D eigenvalue weighted by Crippen LogP contribution is 2.24. The zero-order valence-corrected chi connectivity index (χ0v) is 31.8. The summed E-state index contributed by atoms with van der Waals surface area (Å²) in [5.74, 6) is -2.51. The van der Waals surface area contributed by atoms with Crippen LogP contribution in [0.25, 0.3) is 0 Å². The summed E-state index contributed by atoms with van der Waals surface area (Å²) in [6, 6.07) is 0. The molecule has 2 unspecified atom stereocenters. The Kier molecular flexibility index (Phi) is 22.5. The molecule has 2 heterocycles. The van der Waals surface area contributed by atoms with Crippen LogP contribution in [0.5, 0.6) is 0 Å². The molecule has 0 radical (unpaired) electrons. The summed E-state index contributed by atoms with van der Waals surface area (Å²) < 4.78 is 4.95. The maximum Gasteiger partial charge on any atom is 0.242 e. The van der Waals surface area contributed by atoms with Crippen molar-refractivity contribution < 1.29 is 47.9 Å². The number of likely N-dealkylation sites (tertiary alicyclic amines) is 2. The summed E-state index contributed by atoms with van der Waals surface area (Å²) >= 11 is 2.63. The molecule has 2 aliphatic heterocycles. The van der Waals surface area contributed by atoms with Crippen LogP contribution in [0, 0.1) is 5.92 Å². The van der Waals surface area contributed by atoms with E-state index in [9.17, 15) is 43.2 Å². The van der Waals surface area contributed by atoms with Gasteiger partial charge in [0.25, 0.3) is 0 Å². The molecule has 2 fully saturated rings. The molecule has 17 nitrogen and oxygen atoms in total. The van der Waals surface area contributed by atoms with Crippen LogP contribution >= 0.6 is 23.5 Å². The molecule has 2 atom stereocenters. The van der Waals surface area contributed by atoms with Crippen molar-refractivity contribution in [3.05, 3.63) is 0 Å². The molecule has 9 amide bonds. The van der Waals surface area contributed by atoms with E-state index >= 15 is 0 Å². The number of rotatable bonds is 22. The van der Waals surface area contributed by atoms with Crippen LogP contribution in [0.1, 0.15) is 58.8 Å². The highest BCUT2D eigenvalue weighted by molar-refractivity contribution is 8.00. The summed E-state index contributed by atoms with van der Waals surface area (Å²) in [6.07, 6.45) is 4.49. The second-order valence-electron chi connectivity index (χ2n) is 11.7. The lowest BCUT2D eigenvalue weighted by molar-refractivity contribution is -0.140. The maximum atomic E-state index is 12.1. The zero-order valence-electron chi connectivity index (χ0n) is 30.1. The molecule has 0 bridgehead atoms. The van der Waals surface area contributed by atoms with Gasteiger partial charge in [-0.1, -0.05) is 6.92 Å². The standard InChI is InChI=1S/C26H40N6O8S2.C6H13NO2/c1-16(12-21(35)29-8-6-27-19(33)4-10-31-23(37)14-17(41-2)25(31)39)13-22(36)30-9-7-28-20(34)5-11-32-24(38)15-18(42-3)26(32)40;1-3-9-5-4-6(8)7-2/h16-18H,4-15H2,1-3H3,(H,27,33)(H,28,34)(H,29,35)(H,30,36);3-5H2,1-2H3,(H,7,8). The van der Waals surface area contributed by atoms with Gasteiger partial charge in [0.15, 0.2) is 0 Å². The van der Waals surface area contributed by atoms with Gasteiger partial charge in [-0.15, -0.1) is 0 Å². The maximum absolute atomic E-state index is 12.1. The summed E-state index contributed by atoms with van der Waals surface area (Å²) in [5, 5.41) is 12.4. The van der Waals surface area contributed by atoms with Crippen molar-refractivity contribution >= 4 is 76.7 Å². The fourth-order valence-corrected chi connectivity index (χ4v) is 6.11. The minimum absolute atomic E-state index is 0.0122. The first-order valence-corrected chi connectivity index (χ1v) is 19.4. The van der Waals surface area contributed by atoms with E-state index in [1.165, 1.54) is 23.5 Å². The molecule has 2 aliphatic rings. The Morgan fingerprint density at radius 3 is 1.41 bits per heavy atom. The monoisotopic (exact) mass is 759 g/mol. The molecule has 51 heavy (non-hydrogen) atoms. The molecule has 2 saturated heterocycles. The third-order valence-electron chi connectivity index (χ3n) is 7.66. The Morgan fingerprint density at radius 2 is 1.08 bits per heavy atom. The molecule has 0 aromatic carbocycles. The van der Waals surface area contributed by atoms with E-state index in [0.717, 1.165) is 9.80 Å². The van der Waals surface area contributed by atoms with E-state index in [-0.39, 0.29) is 147 Å². The number of carbonyl (C=O) groups excluding carboxylic acids is 9. The van der Waals surface area contributed by atoms with Gasteiger partial charge in [-0.05, 0) is 25.4 Å². The van der Waals surface area contributed by atoms with Crippen LogP contribution in [-0.2, 0) is 47.9 Å². The fraction of sp³-hybridized carbons (Fsp3) is 0.719. The first-order chi connectivity index (χ1) is 24.3. The van der Waals surface area contributed by atoms with Gasteiger partial charge in [0.2, 0.25) is 53.2 Å². The number of carbonyl (C=O) groups is 9. The molecule has 19 heteroatoms. The summed E-state index contributed by atoms with van der Waals surface area (Å²) in [7, 11) is 1.62. The molecular weight excluding hydrogens is 707 g/mol. The van der Waals surface area contributed by atoms with Crippen LogP contribution in [-0.4, -0.2) is 146 Å². The second kappa shape index (κ2) is 25.3. The number of hydrogen-bond donors (Lipinski definition) is 5. The smallest absolute Gasteiger partial charge is 0.242 e. The zero-order chi connectivity index (χ0) is 38.3. The minimum Gasteiger partial charge on any atom is -0.381 e. The largest absolute Gasteiger partial charge is 0.381 e. The van der Waals surface area contributed by atoms with Gasteiger partial charge >= 0.3 is 0 Å². The highest BCUT2D eigenvalue weighted by Gasteiger charge is 2.38. The van der Waals surface area contributed by atoms with E-state index < -0.39 is 0 Å². The topological polar surface area (TPSA) is 229 Å². The number of amides is 9. The van der Waals surface area contributed by atoms with Crippen molar-refractivity contribution in [1.29, 1.82) is 0 Å². The third kappa shape index (κ3) is 17.9. The van der Waals surface area contributed by atoms with E-state index in [2.05, 4.69) is 26.6 Å². The average molecular weight is 760 g/mol. The Balaban J connectivity index is 0.00000127. The lowest BCUT2D eigenvalue weighted by Gasteiger charge is -2.15. The highest BCUT2D eigenvalue weighted by atomic mass is 32.2. The average Bonchev–Trinajstić information content (AvgIpc) is 3.53. The number of nitrogens with zero attached hydrogens (tertiary/aromatic N) is 2. The van der Waals surface area contributed by atoms with E-state index in [1.54, 1.807) is 26.5 Å². The molecule has 0 spiro atoms. The van der Waals surface area contributed by atoms with Gasteiger partial charge in [-0.3, -0.25) is 53.0 Å².